The largest absolute Gasteiger partial charge is 0.324 e. The van der Waals surface area contributed by atoms with Gasteiger partial charge in [-0.15, -0.1) is 0 Å². The summed E-state index contributed by atoms with van der Waals surface area (Å²) < 4.78 is 0. The molecule has 0 radical (unpaired) electrons. The predicted octanol–water partition coefficient (Wildman–Crippen LogP) is 3.71. The molecule has 3 N–H and O–H groups in total. The maximum atomic E-state index is 12.5. The highest BCUT2D eigenvalue weighted by Gasteiger charge is 2.14. The Morgan fingerprint density at radius 2 is 1.75 bits per heavy atom. The zero-order valence-electron chi connectivity index (χ0n) is 12.4. The fourth-order valence-corrected chi connectivity index (χ4v) is 2.68. The van der Waals surface area contributed by atoms with Crippen molar-refractivity contribution in [2.45, 2.75) is 0 Å². The van der Waals surface area contributed by atoms with E-state index in [-0.39, 0.29) is 11.5 Å². The van der Waals surface area contributed by atoms with E-state index in [1.54, 1.807) is 12.1 Å². The number of H-pyrrole nitrogens is 2. The van der Waals surface area contributed by atoms with Crippen molar-refractivity contribution in [2.24, 2.45) is 0 Å². The molecule has 2 aromatic carbocycles. The van der Waals surface area contributed by atoms with Crippen LogP contribution >= 0.6 is 11.6 Å². The Balaban J connectivity index is 1.80. The quantitative estimate of drug-likeness (QED) is 0.532. The Labute approximate surface area is 141 Å². The molecule has 0 bridgehead atoms. The van der Waals surface area contributed by atoms with E-state index in [0.717, 1.165) is 5.56 Å². The lowest BCUT2D eigenvalue weighted by Gasteiger charge is -2.06. The summed E-state index contributed by atoms with van der Waals surface area (Å²) in [5.74, 6) is 0.284. The van der Waals surface area contributed by atoms with Gasteiger partial charge in [0.2, 0.25) is 5.95 Å². The normalized spacial score (nSPS) is 10.9. The van der Waals surface area contributed by atoms with Gasteiger partial charge in [0, 0.05) is 5.56 Å². The third kappa shape index (κ3) is 2.53. The van der Waals surface area contributed by atoms with Crippen LogP contribution in [0.2, 0.25) is 5.02 Å². The summed E-state index contributed by atoms with van der Waals surface area (Å²) in [5.41, 5.74) is 2.23. The highest BCUT2D eigenvalue weighted by Crippen LogP contribution is 2.25. The zero-order valence-corrected chi connectivity index (χ0v) is 13.1. The van der Waals surface area contributed by atoms with Crippen LogP contribution < -0.4 is 10.9 Å². The Morgan fingerprint density at radius 3 is 2.54 bits per heavy atom. The summed E-state index contributed by atoms with van der Waals surface area (Å²) >= 11 is 6.11. The monoisotopic (exact) mass is 337 g/mol. The molecule has 0 atom stereocenters. The number of para-hydroxylation sites is 1. The molecule has 0 amide bonds. The summed E-state index contributed by atoms with van der Waals surface area (Å²) in [6, 6.07) is 16.7. The van der Waals surface area contributed by atoms with Crippen molar-refractivity contribution in [3.05, 3.63) is 70.0 Å². The number of benzene rings is 2. The Hall–Kier alpha value is -3.12. The average Bonchev–Trinajstić information content (AvgIpc) is 3.02. The number of rotatable bonds is 3. The maximum Gasteiger partial charge on any atom is 0.264 e. The molecule has 2 heterocycles. The van der Waals surface area contributed by atoms with Crippen molar-refractivity contribution in [2.75, 3.05) is 5.32 Å². The summed E-state index contributed by atoms with van der Waals surface area (Å²) in [4.78, 5) is 19.6. The molecule has 2 aromatic heterocycles. The first kappa shape index (κ1) is 14.5. The number of nitrogens with one attached hydrogen (secondary N) is 3. The second-order valence-corrected chi connectivity index (χ2v) is 5.59. The molecular formula is C17H12ClN5O. The van der Waals surface area contributed by atoms with Gasteiger partial charge in [-0.3, -0.25) is 14.9 Å². The first-order chi connectivity index (χ1) is 11.7. The molecule has 4 aromatic rings. The Morgan fingerprint density at radius 1 is 1.00 bits per heavy atom. The van der Waals surface area contributed by atoms with Gasteiger partial charge in [0.1, 0.15) is 5.39 Å². The number of halogens is 1. The lowest BCUT2D eigenvalue weighted by molar-refractivity contribution is 1.09. The van der Waals surface area contributed by atoms with Gasteiger partial charge in [-0.2, -0.15) is 10.1 Å². The molecule has 0 aliphatic carbocycles. The van der Waals surface area contributed by atoms with Gasteiger partial charge >= 0.3 is 0 Å². The van der Waals surface area contributed by atoms with Crippen molar-refractivity contribution < 1.29 is 0 Å². The fraction of sp³-hybridized carbons (Fsp3) is 0. The molecular weight excluding hydrogens is 326 g/mol. The predicted molar refractivity (Wildman–Crippen MR) is 94.7 cm³/mol. The first-order valence-electron chi connectivity index (χ1n) is 7.28. The number of hydrogen-bond donors (Lipinski definition) is 3. The van der Waals surface area contributed by atoms with E-state index >= 15 is 0 Å². The van der Waals surface area contributed by atoms with E-state index in [1.165, 1.54) is 0 Å². The maximum absolute atomic E-state index is 12.5. The first-order valence-corrected chi connectivity index (χ1v) is 7.65. The van der Waals surface area contributed by atoms with E-state index in [4.69, 9.17) is 11.6 Å². The van der Waals surface area contributed by atoms with E-state index in [0.29, 0.717) is 27.4 Å². The van der Waals surface area contributed by atoms with Crippen LogP contribution in [0.15, 0.2) is 59.4 Å². The van der Waals surface area contributed by atoms with Crippen LogP contribution in [0.4, 0.5) is 11.6 Å². The van der Waals surface area contributed by atoms with Crippen LogP contribution in [-0.2, 0) is 0 Å². The number of fused-ring (bicyclic) bond motifs is 1. The summed E-state index contributed by atoms with van der Waals surface area (Å²) in [6.45, 7) is 0. The number of anilines is 2. The second kappa shape index (κ2) is 5.82. The van der Waals surface area contributed by atoms with Crippen LogP contribution in [-0.4, -0.2) is 20.2 Å². The molecule has 0 aliphatic heterocycles. The van der Waals surface area contributed by atoms with Gasteiger partial charge in [-0.1, -0.05) is 54.1 Å². The number of nitrogens with zero attached hydrogens (tertiary/aromatic N) is 2. The van der Waals surface area contributed by atoms with Gasteiger partial charge in [-0.05, 0) is 12.1 Å². The molecule has 7 heteroatoms. The molecule has 0 fully saturated rings. The molecule has 6 nitrogen and oxygen atoms in total. The standard InChI is InChI=1S/C17H12ClN5O/c18-11-8-4-5-9-12(11)19-17-20-15-13(16(24)21-17)14(22-23-15)10-6-2-1-3-7-10/h1-9H,(H3,19,20,21,22,23,24). The van der Waals surface area contributed by atoms with E-state index in [2.05, 4.69) is 25.5 Å². The van der Waals surface area contributed by atoms with Gasteiger partial charge in [-0.25, -0.2) is 0 Å². The fourth-order valence-electron chi connectivity index (χ4n) is 2.50. The van der Waals surface area contributed by atoms with Crippen LogP contribution in [0.5, 0.6) is 0 Å². The Kier molecular flexibility index (Phi) is 3.51. The van der Waals surface area contributed by atoms with Gasteiger partial charge in [0.05, 0.1) is 16.4 Å². The molecule has 4 rings (SSSR count). The molecule has 0 saturated heterocycles. The third-order valence-corrected chi connectivity index (χ3v) is 3.94. The summed E-state index contributed by atoms with van der Waals surface area (Å²) in [6.07, 6.45) is 0. The SMILES string of the molecule is O=c1[nH]c(Nc2ccccc2Cl)nc2n[nH]c(-c3ccccc3)c12. The second-order valence-electron chi connectivity index (χ2n) is 5.18. The summed E-state index contributed by atoms with van der Waals surface area (Å²) in [5, 5.41) is 11.0. The highest BCUT2D eigenvalue weighted by molar-refractivity contribution is 6.33. The number of aromatic nitrogens is 4. The van der Waals surface area contributed by atoms with Crippen molar-refractivity contribution in [1.82, 2.24) is 20.2 Å². The molecule has 0 saturated carbocycles. The van der Waals surface area contributed by atoms with Gasteiger partial charge in [0.15, 0.2) is 5.65 Å². The van der Waals surface area contributed by atoms with Crippen molar-refractivity contribution in [1.29, 1.82) is 0 Å². The highest BCUT2D eigenvalue weighted by atomic mass is 35.5. The van der Waals surface area contributed by atoms with Crippen LogP contribution in [0.3, 0.4) is 0 Å². The zero-order chi connectivity index (χ0) is 16.5. The van der Waals surface area contributed by atoms with E-state index in [9.17, 15) is 4.79 Å². The molecule has 118 valence electrons. The molecule has 0 unspecified atom stereocenters. The molecule has 24 heavy (non-hydrogen) atoms. The van der Waals surface area contributed by atoms with Gasteiger partial charge < -0.3 is 5.32 Å². The Bertz CT molecular complexity index is 1070. The van der Waals surface area contributed by atoms with E-state index < -0.39 is 0 Å². The minimum absolute atomic E-state index is 0.276. The minimum atomic E-state index is -0.276. The van der Waals surface area contributed by atoms with Crippen molar-refractivity contribution >= 4 is 34.3 Å². The average molecular weight is 338 g/mol. The third-order valence-electron chi connectivity index (χ3n) is 3.61. The summed E-state index contributed by atoms with van der Waals surface area (Å²) in [7, 11) is 0. The minimum Gasteiger partial charge on any atom is -0.324 e. The van der Waals surface area contributed by atoms with Gasteiger partial charge in [0.25, 0.3) is 5.56 Å². The molecule has 0 spiro atoms. The lowest BCUT2D eigenvalue weighted by Crippen LogP contribution is -2.11. The van der Waals surface area contributed by atoms with Crippen LogP contribution in [0, 0.1) is 0 Å². The van der Waals surface area contributed by atoms with E-state index in [1.807, 2.05) is 42.5 Å². The van der Waals surface area contributed by atoms with Crippen molar-refractivity contribution in [3.63, 3.8) is 0 Å². The topological polar surface area (TPSA) is 86.5 Å². The number of hydrogen-bond acceptors (Lipinski definition) is 4. The van der Waals surface area contributed by atoms with Crippen LogP contribution in [0.1, 0.15) is 0 Å². The molecule has 0 aliphatic rings. The van der Waals surface area contributed by atoms with Crippen molar-refractivity contribution in [3.8, 4) is 11.3 Å². The van der Waals surface area contributed by atoms with Crippen LogP contribution in [0.25, 0.3) is 22.3 Å². The smallest absolute Gasteiger partial charge is 0.264 e. The lowest BCUT2D eigenvalue weighted by atomic mass is 10.1. The number of aromatic amines is 2.